The highest BCUT2D eigenvalue weighted by molar-refractivity contribution is 6.19. The first-order valence-electron chi connectivity index (χ1n) is 49.9. The number of hydrogen-bond acceptors (Lipinski definition) is 12. The Morgan fingerprint density at radius 2 is 0.460 bits per heavy atom. The summed E-state index contributed by atoms with van der Waals surface area (Å²) in [6.07, 6.45) is 0. The highest BCUT2D eigenvalue weighted by Crippen LogP contribution is 2.47. The maximum atomic E-state index is 8.63. The number of benzene rings is 20. The van der Waals surface area contributed by atoms with Crippen molar-refractivity contribution < 1.29 is 27.0 Å². The molecule has 0 spiro atoms. The number of furan rings is 3. The SMILES string of the molecule is [2H]c1c([2H])c([2H])c(-c2nc(-c3c([2H])c([2H])c([2H])c([2H])c3[2H])nc(-c3cccc4c(-c5cccc6oc7ccccc7c56)cccc34)n2)c([2H])c1[2H].c1ccc(-c2cc(-c3ccc(-c4nc(-c5ccccc5)nc(-c5ccc6ccccc6c5)n4)cc3)c3c(c2)oc2ccccc23)cc1.c1ccc(-c2cc(-c3ccc(-c4nc(-c5ccccc5)nc(-c5ccccc5)n4)cc3)c3c(c2)oc2c(-c4ccccc4)cccc23)cc1. The highest BCUT2D eigenvalue weighted by atomic mass is 16.3. The molecule has 12 nitrogen and oxygen atoms in total. The molecule has 0 aliphatic rings. The van der Waals surface area contributed by atoms with Crippen LogP contribution in [0.25, 0.3) is 257 Å². The fourth-order valence-electron chi connectivity index (χ4n) is 18.1. The predicted octanol–water partition coefficient (Wildman–Crippen LogP) is 32.6. The van der Waals surface area contributed by atoms with Crippen LogP contribution in [0.3, 0.4) is 0 Å². The molecule has 0 saturated carbocycles. The largest absolute Gasteiger partial charge is 0.456 e. The summed E-state index contributed by atoms with van der Waals surface area (Å²) in [5.74, 6) is 3.20. The Balaban J connectivity index is 0.000000118. The smallest absolute Gasteiger partial charge is 0.164 e. The zero-order valence-electron chi connectivity index (χ0n) is 83.1. The third-order valence-corrected chi connectivity index (χ3v) is 24.6. The van der Waals surface area contributed by atoms with Gasteiger partial charge in [-0.15, -0.1) is 0 Å². The van der Waals surface area contributed by atoms with Gasteiger partial charge in [0.2, 0.25) is 0 Å². The molecule has 6 aromatic heterocycles. The average Bonchev–Trinajstić information content (AvgIpc) is 1.74. The molecule has 0 fully saturated rings. The second kappa shape index (κ2) is 35.9. The molecular formula is C125H79N9O3. The molecule has 0 radical (unpaired) electrons. The van der Waals surface area contributed by atoms with E-state index in [0.29, 0.717) is 45.9 Å². The molecule has 0 unspecified atom stereocenters. The van der Waals surface area contributed by atoms with E-state index in [1.807, 2.05) is 194 Å². The number of nitrogens with zero attached hydrogens (tertiary/aromatic N) is 9. The highest BCUT2D eigenvalue weighted by Gasteiger charge is 2.25. The Morgan fingerprint density at radius 3 is 0.949 bits per heavy atom. The second-order valence-corrected chi connectivity index (χ2v) is 33.0. The van der Waals surface area contributed by atoms with Gasteiger partial charge in [-0.2, -0.15) is 0 Å². The van der Waals surface area contributed by atoms with E-state index >= 15 is 0 Å². The van der Waals surface area contributed by atoms with Crippen molar-refractivity contribution in [2.45, 2.75) is 0 Å². The lowest BCUT2D eigenvalue weighted by atomic mass is 9.93. The van der Waals surface area contributed by atoms with Crippen LogP contribution in [0.4, 0.5) is 0 Å². The molecule has 0 aliphatic carbocycles. The third-order valence-electron chi connectivity index (χ3n) is 24.6. The molecule has 0 aliphatic heterocycles. The van der Waals surface area contributed by atoms with Gasteiger partial charge in [0, 0.05) is 88.0 Å². The number of hydrogen-bond donors (Lipinski definition) is 0. The van der Waals surface area contributed by atoms with Crippen LogP contribution >= 0.6 is 0 Å². The Hall–Kier alpha value is -18.7. The molecule has 26 aromatic rings. The lowest BCUT2D eigenvalue weighted by Gasteiger charge is -2.13. The summed E-state index contributed by atoms with van der Waals surface area (Å²) in [4.78, 5) is 43.3. The maximum absolute atomic E-state index is 8.63. The fraction of sp³-hybridized carbons (Fsp3) is 0. The Morgan fingerprint density at radius 1 is 0.153 bits per heavy atom. The van der Waals surface area contributed by atoms with Crippen LogP contribution in [-0.4, -0.2) is 44.9 Å². The van der Waals surface area contributed by atoms with Crippen molar-refractivity contribution in [2.75, 3.05) is 0 Å². The number of fused-ring (bicyclic) bond motifs is 11. The summed E-state index contributed by atoms with van der Waals surface area (Å²) >= 11 is 0. The second-order valence-electron chi connectivity index (χ2n) is 33.0. The molecule has 0 saturated heterocycles. The summed E-state index contributed by atoms with van der Waals surface area (Å²) in [6, 6.07) is 136. The minimum absolute atomic E-state index is 0.00309. The maximum Gasteiger partial charge on any atom is 0.164 e. The van der Waals surface area contributed by atoms with E-state index in [4.69, 9.17) is 56.9 Å². The van der Waals surface area contributed by atoms with Gasteiger partial charge in [-0.05, 0) is 131 Å². The minimum Gasteiger partial charge on any atom is -0.456 e. The molecule has 0 N–H and O–H groups in total. The van der Waals surface area contributed by atoms with E-state index in [1.54, 1.807) is 6.07 Å². The Kier molecular flexibility index (Phi) is 18.6. The molecule has 12 heteroatoms. The van der Waals surface area contributed by atoms with Crippen molar-refractivity contribution in [2.24, 2.45) is 0 Å². The number of rotatable bonds is 15. The predicted molar refractivity (Wildman–Crippen MR) is 558 cm³/mol. The standard InChI is InChI=1S/C45H29N3O.C43H27N3O.C37H23N3O/c1-5-14-30(15-6-1)36-28-39(41-38-23-13-22-37(31-16-7-2-8-17-31)42(38)49-40(41)29-36)32-24-26-35(27-25-32)45-47-43(33-18-9-3-10-19-33)46-44(48-45)34-20-11-4-12-21-34;1-3-11-28(12-4-1)35-26-37(40-36-17-9-10-18-38(36)47-39(40)27-35)30-20-22-32(23-21-30)42-44-41(31-14-5-2-6-15-31)45-43(46-42)34-24-19-29-13-7-8-16-33(29)25-34;1-3-12-24(13-4-1)35-38-36(25-14-5-2-6-15-25)40-37(39-35)30-21-10-17-26-27(18-9-19-28(26)30)29-20-11-23-33-34(29)31-16-7-8-22-32(31)41-33/h1-29H;1-27H;1-23H/i;;1D,2D,3D,4D,5D,6D,12D,13D,14D,15D. The first-order valence-corrected chi connectivity index (χ1v) is 44.9. The van der Waals surface area contributed by atoms with Crippen LogP contribution < -0.4 is 0 Å². The number of aromatic nitrogens is 9. The molecule has 0 amide bonds. The van der Waals surface area contributed by atoms with E-state index in [9.17, 15) is 0 Å². The van der Waals surface area contributed by atoms with Crippen LogP contribution in [0.15, 0.2) is 492 Å². The van der Waals surface area contributed by atoms with Gasteiger partial charge in [0.15, 0.2) is 52.4 Å². The quantitative estimate of drug-likeness (QED) is 0.0959. The summed E-state index contributed by atoms with van der Waals surface area (Å²) < 4.78 is 103. The molecule has 0 atom stereocenters. The van der Waals surface area contributed by atoms with E-state index in [-0.39, 0.29) is 28.6 Å². The van der Waals surface area contributed by atoms with E-state index in [2.05, 4.69) is 233 Å². The molecule has 0 bridgehead atoms. The van der Waals surface area contributed by atoms with Crippen LogP contribution in [0.5, 0.6) is 0 Å². The summed E-state index contributed by atoms with van der Waals surface area (Å²) in [5.41, 5.74) is 23.4. The lowest BCUT2D eigenvalue weighted by Crippen LogP contribution is -2.00. The summed E-state index contributed by atoms with van der Waals surface area (Å²) in [7, 11) is 0. The van der Waals surface area contributed by atoms with Crippen LogP contribution in [0.1, 0.15) is 13.7 Å². The molecular weight excluding hydrogens is 1680 g/mol. The number of para-hydroxylation sites is 3. The van der Waals surface area contributed by atoms with Crippen LogP contribution in [-0.2, 0) is 0 Å². The van der Waals surface area contributed by atoms with Crippen molar-refractivity contribution >= 4 is 87.4 Å². The fourth-order valence-corrected chi connectivity index (χ4v) is 18.1. The van der Waals surface area contributed by atoms with E-state index < -0.39 is 60.4 Å². The van der Waals surface area contributed by atoms with Crippen molar-refractivity contribution in [3.63, 3.8) is 0 Å². The van der Waals surface area contributed by atoms with Gasteiger partial charge in [-0.25, -0.2) is 44.9 Å². The van der Waals surface area contributed by atoms with Crippen molar-refractivity contribution in [1.82, 2.24) is 44.9 Å². The average molecular weight is 1770 g/mol. The topological polar surface area (TPSA) is 155 Å². The summed E-state index contributed by atoms with van der Waals surface area (Å²) in [6.45, 7) is 0. The zero-order chi connectivity index (χ0) is 99.6. The van der Waals surface area contributed by atoms with E-state index in [0.717, 1.165) is 177 Å². The first-order chi connectivity index (χ1) is 72.0. The molecule has 20 aromatic carbocycles. The van der Waals surface area contributed by atoms with Crippen LogP contribution in [0, 0.1) is 0 Å². The first kappa shape index (κ1) is 71.1. The molecule has 6 heterocycles. The van der Waals surface area contributed by atoms with Gasteiger partial charge in [0.25, 0.3) is 0 Å². The minimum atomic E-state index is -0.604. The van der Waals surface area contributed by atoms with Crippen molar-refractivity contribution in [1.29, 1.82) is 0 Å². The van der Waals surface area contributed by atoms with Gasteiger partial charge in [-0.3, -0.25) is 0 Å². The molecule has 26 rings (SSSR count). The molecule has 642 valence electrons. The van der Waals surface area contributed by atoms with Crippen LogP contribution in [0.2, 0.25) is 0 Å². The monoisotopic (exact) mass is 1760 g/mol. The van der Waals surface area contributed by atoms with Gasteiger partial charge in [-0.1, -0.05) is 430 Å². The lowest BCUT2D eigenvalue weighted by molar-refractivity contribution is 0.668. The van der Waals surface area contributed by atoms with Gasteiger partial charge >= 0.3 is 0 Å². The normalized spacial score (nSPS) is 12.4. The van der Waals surface area contributed by atoms with Gasteiger partial charge < -0.3 is 13.3 Å². The van der Waals surface area contributed by atoms with E-state index in [1.165, 1.54) is 5.39 Å². The third kappa shape index (κ3) is 16.1. The zero-order valence-corrected chi connectivity index (χ0v) is 73.1. The molecule has 137 heavy (non-hydrogen) atoms. The van der Waals surface area contributed by atoms with Gasteiger partial charge in [0.1, 0.15) is 33.5 Å². The van der Waals surface area contributed by atoms with Crippen molar-refractivity contribution in [3.05, 3.63) is 479 Å². The Bertz CT molecular complexity index is 9470. The van der Waals surface area contributed by atoms with Crippen molar-refractivity contribution in [3.8, 4) is 169 Å². The Labute approximate surface area is 802 Å². The van der Waals surface area contributed by atoms with Gasteiger partial charge in [0.05, 0.1) is 13.7 Å². The summed E-state index contributed by atoms with van der Waals surface area (Å²) in [5, 5.41) is 10.1.